The number of ether oxygens (including phenoxy) is 1. The lowest BCUT2D eigenvalue weighted by molar-refractivity contribution is 0.0467. The van der Waals surface area contributed by atoms with Crippen LogP contribution in [0, 0.1) is 5.82 Å². The summed E-state index contributed by atoms with van der Waals surface area (Å²) >= 11 is 5.86. The summed E-state index contributed by atoms with van der Waals surface area (Å²) in [6.07, 6.45) is 0. The van der Waals surface area contributed by atoms with Crippen LogP contribution in [0.1, 0.15) is 29.8 Å². The maximum atomic E-state index is 14.0. The van der Waals surface area contributed by atoms with Gasteiger partial charge in [0.05, 0.1) is 10.5 Å². The van der Waals surface area contributed by atoms with Crippen molar-refractivity contribution in [2.45, 2.75) is 25.3 Å². The van der Waals surface area contributed by atoms with Crippen molar-refractivity contribution in [2.24, 2.45) is 0 Å². The predicted molar refractivity (Wildman–Crippen MR) is 97.1 cm³/mol. The quantitative estimate of drug-likeness (QED) is 0.663. The van der Waals surface area contributed by atoms with Gasteiger partial charge in [-0.05, 0) is 35.9 Å². The Labute approximate surface area is 157 Å². The molecule has 8 heteroatoms. The van der Waals surface area contributed by atoms with Crippen molar-refractivity contribution >= 4 is 27.6 Å². The van der Waals surface area contributed by atoms with Crippen LogP contribution >= 0.6 is 11.6 Å². The van der Waals surface area contributed by atoms with Crippen molar-refractivity contribution in [3.05, 3.63) is 64.4 Å². The molecule has 0 N–H and O–H groups in total. The second kappa shape index (κ2) is 8.62. The van der Waals surface area contributed by atoms with Gasteiger partial charge >= 0.3 is 5.97 Å². The van der Waals surface area contributed by atoms with Gasteiger partial charge in [0.1, 0.15) is 12.4 Å². The zero-order chi connectivity index (χ0) is 19.3. The van der Waals surface area contributed by atoms with E-state index in [-0.39, 0.29) is 24.6 Å². The predicted octanol–water partition coefficient (Wildman–Crippen LogP) is 3.87. The van der Waals surface area contributed by atoms with E-state index in [4.69, 9.17) is 16.3 Å². The Hall–Kier alpha value is -1.96. The SMILES string of the molecule is CCN(CC)S(=O)(=O)c1ccc(F)c(C(=O)OCc2cccc(Cl)c2)c1. The van der Waals surface area contributed by atoms with Crippen molar-refractivity contribution in [3.8, 4) is 0 Å². The Bertz CT molecular complexity index is 898. The van der Waals surface area contributed by atoms with E-state index in [1.54, 1.807) is 38.1 Å². The number of hydrogen-bond donors (Lipinski definition) is 0. The average molecular weight is 400 g/mol. The first-order valence-corrected chi connectivity index (χ1v) is 9.82. The van der Waals surface area contributed by atoms with Crippen molar-refractivity contribution in [1.82, 2.24) is 4.31 Å². The van der Waals surface area contributed by atoms with E-state index in [9.17, 15) is 17.6 Å². The fraction of sp³-hybridized carbons (Fsp3) is 0.278. The smallest absolute Gasteiger partial charge is 0.341 e. The van der Waals surface area contributed by atoms with Gasteiger partial charge in [0.15, 0.2) is 0 Å². The molecule has 5 nitrogen and oxygen atoms in total. The van der Waals surface area contributed by atoms with Gasteiger partial charge in [-0.15, -0.1) is 0 Å². The molecule has 2 aromatic rings. The second-order valence-electron chi connectivity index (χ2n) is 5.44. The summed E-state index contributed by atoms with van der Waals surface area (Å²) < 4.78 is 45.4. The minimum absolute atomic E-state index is 0.105. The molecule has 0 aliphatic carbocycles. The van der Waals surface area contributed by atoms with Gasteiger partial charge in [-0.1, -0.05) is 37.6 Å². The third-order valence-corrected chi connectivity index (χ3v) is 6.04. The number of carbonyl (C=O) groups is 1. The molecule has 0 saturated heterocycles. The van der Waals surface area contributed by atoms with Crippen LogP contribution < -0.4 is 0 Å². The summed E-state index contributed by atoms with van der Waals surface area (Å²) in [5.74, 6) is -1.79. The van der Waals surface area contributed by atoms with Crippen LogP contribution in [0.2, 0.25) is 5.02 Å². The number of hydrogen-bond acceptors (Lipinski definition) is 4. The summed E-state index contributed by atoms with van der Waals surface area (Å²) in [4.78, 5) is 12.1. The largest absolute Gasteiger partial charge is 0.457 e. The molecule has 140 valence electrons. The van der Waals surface area contributed by atoms with Gasteiger partial charge in [-0.2, -0.15) is 4.31 Å². The van der Waals surface area contributed by atoms with E-state index in [0.717, 1.165) is 18.2 Å². The summed E-state index contributed by atoms with van der Waals surface area (Å²) in [5.41, 5.74) is 0.207. The molecular weight excluding hydrogens is 381 g/mol. The monoisotopic (exact) mass is 399 g/mol. The van der Waals surface area contributed by atoms with Gasteiger partial charge in [0, 0.05) is 18.1 Å². The number of halogens is 2. The van der Waals surface area contributed by atoms with Gasteiger partial charge in [-0.3, -0.25) is 0 Å². The molecule has 26 heavy (non-hydrogen) atoms. The maximum absolute atomic E-state index is 14.0. The molecule has 0 spiro atoms. The Morgan fingerprint density at radius 3 is 2.46 bits per heavy atom. The molecule has 0 bridgehead atoms. The Kier molecular flexibility index (Phi) is 6.75. The summed E-state index contributed by atoms with van der Waals surface area (Å²) in [6, 6.07) is 9.78. The first kappa shape index (κ1) is 20.4. The van der Waals surface area contributed by atoms with Crippen LogP contribution in [0.3, 0.4) is 0 Å². The lowest BCUT2D eigenvalue weighted by Crippen LogP contribution is -2.30. The molecule has 0 saturated carbocycles. The second-order valence-corrected chi connectivity index (χ2v) is 7.81. The zero-order valence-electron chi connectivity index (χ0n) is 14.4. The minimum atomic E-state index is -3.81. The minimum Gasteiger partial charge on any atom is -0.457 e. The van der Waals surface area contributed by atoms with E-state index in [1.807, 2.05) is 0 Å². The molecule has 0 aromatic heterocycles. The zero-order valence-corrected chi connectivity index (χ0v) is 16.0. The third kappa shape index (κ3) is 4.60. The molecule has 2 aromatic carbocycles. The van der Waals surface area contributed by atoms with Crippen molar-refractivity contribution < 1.29 is 22.3 Å². The number of benzene rings is 2. The molecule has 0 aliphatic heterocycles. The first-order valence-electron chi connectivity index (χ1n) is 8.00. The molecule has 0 heterocycles. The normalized spacial score (nSPS) is 11.6. The van der Waals surface area contributed by atoms with E-state index in [2.05, 4.69) is 0 Å². The number of sulfonamides is 1. The van der Waals surface area contributed by atoms with Crippen LogP contribution in [0.4, 0.5) is 4.39 Å². The maximum Gasteiger partial charge on any atom is 0.341 e. The first-order chi connectivity index (χ1) is 12.3. The van der Waals surface area contributed by atoms with Crippen LogP contribution in [0.25, 0.3) is 0 Å². The molecule has 0 radical (unpaired) electrons. The lowest BCUT2D eigenvalue weighted by atomic mass is 10.2. The van der Waals surface area contributed by atoms with Crippen LogP contribution in [0.5, 0.6) is 0 Å². The van der Waals surface area contributed by atoms with Crippen molar-refractivity contribution in [1.29, 1.82) is 0 Å². The fourth-order valence-corrected chi connectivity index (χ4v) is 4.08. The highest BCUT2D eigenvalue weighted by molar-refractivity contribution is 7.89. The van der Waals surface area contributed by atoms with E-state index in [1.165, 1.54) is 4.31 Å². The number of rotatable bonds is 7. The molecule has 0 unspecified atom stereocenters. The van der Waals surface area contributed by atoms with Gasteiger partial charge in [0.2, 0.25) is 10.0 Å². The average Bonchev–Trinajstić information content (AvgIpc) is 2.60. The Morgan fingerprint density at radius 1 is 1.15 bits per heavy atom. The van der Waals surface area contributed by atoms with Crippen molar-refractivity contribution in [3.63, 3.8) is 0 Å². The van der Waals surface area contributed by atoms with Gasteiger partial charge in [0.25, 0.3) is 0 Å². The molecule has 2 rings (SSSR count). The standard InChI is InChI=1S/C18H19ClFNO4S/c1-3-21(4-2)26(23,24)15-8-9-17(20)16(11-15)18(22)25-12-13-6-5-7-14(19)10-13/h5-11H,3-4,12H2,1-2H3. The van der Waals surface area contributed by atoms with Crippen LogP contribution in [-0.4, -0.2) is 31.8 Å². The van der Waals surface area contributed by atoms with Gasteiger partial charge < -0.3 is 4.74 Å². The Balaban J connectivity index is 2.25. The molecule has 0 fully saturated rings. The summed E-state index contributed by atoms with van der Waals surface area (Å²) in [7, 11) is -3.81. The van der Waals surface area contributed by atoms with E-state index in [0.29, 0.717) is 10.6 Å². The van der Waals surface area contributed by atoms with Crippen LogP contribution in [0.15, 0.2) is 47.4 Å². The highest BCUT2D eigenvalue weighted by atomic mass is 35.5. The summed E-state index contributed by atoms with van der Waals surface area (Å²) in [6.45, 7) is 3.83. The highest BCUT2D eigenvalue weighted by Gasteiger charge is 2.24. The molecule has 0 amide bonds. The molecule has 0 atom stereocenters. The lowest BCUT2D eigenvalue weighted by Gasteiger charge is -2.18. The summed E-state index contributed by atoms with van der Waals surface area (Å²) in [5, 5.41) is 0.483. The molecular formula is C18H19ClFNO4S. The highest BCUT2D eigenvalue weighted by Crippen LogP contribution is 2.20. The van der Waals surface area contributed by atoms with Gasteiger partial charge in [-0.25, -0.2) is 17.6 Å². The topological polar surface area (TPSA) is 63.7 Å². The number of carbonyl (C=O) groups excluding carboxylic acids is 1. The van der Waals surface area contributed by atoms with E-state index >= 15 is 0 Å². The molecule has 0 aliphatic rings. The Morgan fingerprint density at radius 2 is 1.85 bits per heavy atom. The van der Waals surface area contributed by atoms with E-state index < -0.39 is 27.4 Å². The van der Waals surface area contributed by atoms with Crippen LogP contribution in [-0.2, 0) is 21.4 Å². The van der Waals surface area contributed by atoms with Crippen molar-refractivity contribution in [2.75, 3.05) is 13.1 Å². The number of nitrogens with zero attached hydrogens (tertiary/aromatic N) is 1. The third-order valence-electron chi connectivity index (χ3n) is 3.76. The number of esters is 1. The fourth-order valence-electron chi connectivity index (χ4n) is 2.39.